The molecule has 8 nitrogen and oxygen atoms in total. The minimum atomic E-state index is 0.00118. The fourth-order valence-corrected chi connectivity index (χ4v) is 6.01. The van der Waals surface area contributed by atoms with E-state index in [2.05, 4.69) is 26.6 Å². The van der Waals surface area contributed by atoms with Crippen molar-refractivity contribution in [2.75, 3.05) is 37.6 Å². The van der Waals surface area contributed by atoms with Gasteiger partial charge in [-0.15, -0.1) is 0 Å². The van der Waals surface area contributed by atoms with Gasteiger partial charge in [0.2, 0.25) is 11.8 Å². The van der Waals surface area contributed by atoms with Crippen molar-refractivity contribution >= 4 is 17.6 Å². The molecule has 164 valence electrons. The number of carbonyl (C=O) groups excluding carboxylic acids is 2. The number of aromatic nitrogens is 1. The highest BCUT2D eigenvalue weighted by molar-refractivity contribution is 5.82. The van der Waals surface area contributed by atoms with Crippen LogP contribution in [0, 0.1) is 29.1 Å². The number of piperidine rings is 2. The van der Waals surface area contributed by atoms with E-state index < -0.39 is 0 Å². The van der Waals surface area contributed by atoms with Gasteiger partial charge in [0.25, 0.3) is 0 Å². The number of rotatable bonds is 2. The Bertz CT molecular complexity index is 873. The van der Waals surface area contributed by atoms with Crippen LogP contribution in [0.4, 0.5) is 5.82 Å². The lowest BCUT2D eigenvalue weighted by molar-refractivity contribution is -0.141. The van der Waals surface area contributed by atoms with Crippen LogP contribution in [-0.4, -0.2) is 66.5 Å². The van der Waals surface area contributed by atoms with E-state index >= 15 is 0 Å². The standard InChI is InChI=1S/C23H30N6O2/c24-13-15-3-6-20(26-14-15)28-8-10-29(11-9-28)23(31)16-4-5-17-19(12-16)27-22(30)18-2-1-7-25-21(17)18/h3,6,14,16-19,21,25H,1-2,4-5,7-12H2,(H,27,30). The van der Waals surface area contributed by atoms with Crippen molar-refractivity contribution < 1.29 is 9.59 Å². The molecule has 5 rings (SSSR count). The van der Waals surface area contributed by atoms with Gasteiger partial charge in [0.15, 0.2) is 0 Å². The largest absolute Gasteiger partial charge is 0.353 e. The molecule has 31 heavy (non-hydrogen) atoms. The van der Waals surface area contributed by atoms with Gasteiger partial charge in [-0.25, -0.2) is 4.98 Å². The summed E-state index contributed by atoms with van der Waals surface area (Å²) in [7, 11) is 0. The molecule has 8 heteroatoms. The molecule has 1 aliphatic carbocycles. The number of hydrogen-bond donors (Lipinski definition) is 2. The van der Waals surface area contributed by atoms with E-state index in [9.17, 15) is 9.59 Å². The van der Waals surface area contributed by atoms with Crippen LogP contribution in [0.3, 0.4) is 0 Å². The zero-order valence-corrected chi connectivity index (χ0v) is 17.8. The summed E-state index contributed by atoms with van der Waals surface area (Å²) in [6.45, 7) is 3.85. The first-order valence-corrected chi connectivity index (χ1v) is 11.6. The zero-order valence-electron chi connectivity index (χ0n) is 17.8. The molecular formula is C23H30N6O2. The molecule has 0 spiro atoms. The Morgan fingerprint density at radius 1 is 1.16 bits per heavy atom. The molecule has 5 atom stereocenters. The third kappa shape index (κ3) is 3.87. The summed E-state index contributed by atoms with van der Waals surface area (Å²) in [6.07, 6.45) is 6.32. The molecule has 2 N–H and O–H groups in total. The maximum absolute atomic E-state index is 13.2. The molecule has 1 saturated carbocycles. The molecule has 5 unspecified atom stereocenters. The van der Waals surface area contributed by atoms with E-state index in [0.29, 0.717) is 24.6 Å². The number of carbonyl (C=O) groups is 2. The highest BCUT2D eigenvalue weighted by Gasteiger charge is 2.48. The summed E-state index contributed by atoms with van der Waals surface area (Å²) in [5, 5.41) is 15.8. The lowest BCUT2D eigenvalue weighted by atomic mass is 9.67. The number of nitrogens with zero attached hydrogens (tertiary/aromatic N) is 4. The van der Waals surface area contributed by atoms with E-state index in [1.165, 1.54) is 0 Å². The van der Waals surface area contributed by atoms with Crippen molar-refractivity contribution in [2.24, 2.45) is 17.8 Å². The second-order valence-corrected chi connectivity index (χ2v) is 9.35. The predicted octanol–water partition coefficient (Wildman–Crippen LogP) is 0.885. The summed E-state index contributed by atoms with van der Waals surface area (Å²) in [6, 6.07) is 6.14. The molecule has 3 saturated heterocycles. The Morgan fingerprint density at radius 2 is 2.00 bits per heavy atom. The van der Waals surface area contributed by atoms with Gasteiger partial charge in [0, 0.05) is 50.4 Å². The molecular weight excluding hydrogens is 392 g/mol. The molecule has 4 fully saturated rings. The Kier molecular flexibility index (Phi) is 5.53. The molecule has 4 heterocycles. The monoisotopic (exact) mass is 422 g/mol. The highest BCUT2D eigenvalue weighted by atomic mass is 16.2. The molecule has 2 amide bonds. The second-order valence-electron chi connectivity index (χ2n) is 9.35. The van der Waals surface area contributed by atoms with Crippen LogP contribution in [0.1, 0.15) is 37.7 Å². The Hall–Kier alpha value is -2.66. The van der Waals surface area contributed by atoms with Crippen LogP contribution in [0.25, 0.3) is 0 Å². The zero-order chi connectivity index (χ0) is 21.4. The normalized spacial score (nSPS) is 33.0. The topological polar surface area (TPSA) is 101 Å². The van der Waals surface area contributed by atoms with Crippen molar-refractivity contribution in [3.8, 4) is 6.07 Å². The van der Waals surface area contributed by atoms with Gasteiger partial charge in [-0.1, -0.05) is 0 Å². The first-order valence-electron chi connectivity index (χ1n) is 11.6. The average molecular weight is 423 g/mol. The lowest BCUT2D eigenvalue weighted by Gasteiger charge is -2.49. The van der Waals surface area contributed by atoms with Crippen molar-refractivity contribution in [3.05, 3.63) is 23.9 Å². The smallest absolute Gasteiger partial charge is 0.225 e. The van der Waals surface area contributed by atoms with E-state index in [0.717, 1.165) is 57.6 Å². The van der Waals surface area contributed by atoms with Crippen LogP contribution >= 0.6 is 0 Å². The highest BCUT2D eigenvalue weighted by Crippen LogP contribution is 2.39. The minimum Gasteiger partial charge on any atom is -0.353 e. The summed E-state index contributed by atoms with van der Waals surface area (Å²) in [5.41, 5.74) is 0.553. The molecule has 3 aliphatic heterocycles. The summed E-state index contributed by atoms with van der Waals surface area (Å²) >= 11 is 0. The number of hydrogen-bond acceptors (Lipinski definition) is 6. The Balaban J connectivity index is 1.17. The first kappa shape index (κ1) is 20.3. The van der Waals surface area contributed by atoms with Gasteiger partial charge >= 0.3 is 0 Å². The van der Waals surface area contributed by atoms with Gasteiger partial charge in [0.05, 0.1) is 11.5 Å². The third-order valence-electron chi connectivity index (χ3n) is 7.68. The van der Waals surface area contributed by atoms with E-state index in [1.54, 1.807) is 12.3 Å². The fraction of sp³-hybridized carbons (Fsp3) is 0.652. The SMILES string of the molecule is N#Cc1ccc(N2CCN(C(=O)C3CCC4C(C3)NC(=O)C3CCCNC34)CC2)nc1. The first-order chi connectivity index (χ1) is 15.1. The van der Waals surface area contributed by atoms with Crippen LogP contribution in [0.5, 0.6) is 0 Å². The second kappa shape index (κ2) is 8.46. The number of fused-ring (bicyclic) bond motifs is 3. The van der Waals surface area contributed by atoms with Gasteiger partial charge in [0.1, 0.15) is 11.9 Å². The van der Waals surface area contributed by atoms with Gasteiger partial charge in [-0.2, -0.15) is 5.26 Å². The van der Waals surface area contributed by atoms with Crippen molar-refractivity contribution in [2.45, 2.75) is 44.2 Å². The van der Waals surface area contributed by atoms with Gasteiger partial charge < -0.3 is 20.4 Å². The Morgan fingerprint density at radius 3 is 2.74 bits per heavy atom. The van der Waals surface area contributed by atoms with Gasteiger partial charge in [-0.3, -0.25) is 9.59 Å². The third-order valence-corrected chi connectivity index (χ3v) is 7.68. The number of anilines is 1. The quantitative estimate of drug-likeness (QED) is 0.734. The molecule has 0 bridgehead atoms. The molecule has 1 aromatic rings. The summed E-state index contributed by atoms with van der Waals surface area (Å²) in [4.78, 5) is 34.4. The average Bonchev–Trinajstić information content (AvgIpc) is 2.83. The van der Waals surface area contributed by atoms with Crippen molar-refractivity contribution in [1.82, 2.24) is 20.5 Å². The van der Waals surface area contributed by atoms with E-state index in [1.807, 2.05) is 11.0 Å². The van der Waals surface area contributed by atoms with Crippen LogP contribution in [-0.2, 0) is 9.59 Å². The molecule has 1 aromatic heterocycles. The van der Waals surface area contributed by atoms with E-state index in [4.69, 9.17) is 5.26 Å². The molecule has 0 radical (unpaired) electrons. The number of piperazine rings is 1. The molecule has 4 aliphatic rings. The Labute approximate surface area is 183 Å². The van der Waals surface area contributed by atoms with Gasteiger partial charge in [-0.05, 0) is 56.7 Å². The number of pyridine rings is 1. The molecule has 0 aromatic carbocycles. The summed E-state index contributed by atoms with van der Waals surface area (Å²) < 4.78 is 0. The number of nitrogens with one attached hydrogen (secondary N) is 2. The fourth-order valence-electron chi connectivity index (χ4n) is 6.01. The van der Waals surface area contributed by atoms with Crippen LogP contribution < -0.4 is 15.5 Å². The van der Waals surface area contributed by atoms with Crippen LogP contribution in [0.2, 0.25) is 0 Å². The van der Waals surface area contributed by atoms with Crippen LogP contribution in [0.15, 0.2) is 18.3 Å². The van der Waals surface area contributed by atoms with E-state index in [-0.39, 0.29) is 35.7 Å². The van der Waals surface area contributed by atoms with Crippen molar-refractivity contribution in [3.63, 3.8) is 0 Å². The maximum Gasteiger partial charge on any atom is 0.225 e. The maximum atomic E-state index is 13.2. The lowest BCUT2D eigenvalue weighted by Crippen LogP contribution is -2.65. The summed E-state index contributed by atoms with van der Waals surface area (Å²) in [5.74, 6) is 1.82. The number of amides is 2. The van der Waals surface area contributed by atoms with Crippen molar-refractivity contribution in [1.29, 1.82) is 5.26 Å². The minimum absolute atomic E-state index is 0.00118. The number of nitriles is 1. The predicted molar refractivity (Wildman–Crippen MR) is 115 cm³/mol.